The zero-order valence-corrected chi connectivity index (χ0v) is 13.0. The summed E-state index contributed by atoms with van der Waals surface area (Å²) < 4.78 is 5.72. The van der Waals surface area contributed by atoms with Crippen molar-refractivity contribution in [1.82, 2.24) is 0 Å². The number of benzene rings is 2. The third kappa shape index (κ3) is 3.61. The first-order chi connectivity index (χ1) is 9.60. The van der Waals surface area contributed by atoms with Crippen LogP contribution in [0, 0.1) is 6.92 Å². The Bertz CT molecular complexity index is 608. The molecule has 2 aromatic carbocycles. The molecule has 104 valence electrons. The normalized spacial score (nSPS) is 10.2. The Kier molecular flexibility index (Phi) is 4.79. The molecule has 0 saturated carbocycles. The van der Waals surface area contributed by atoms with Crippen molar-refractivity contribution in [3.63, 3.8) is 0 Å². The van der Waals surface area contributed by atoms with Crippen LogP contribution in [-0.2, 0) is 11.3 Å². The van der Waals surface area contributed by atoms with Crippen molar-refractivity contribution in [1.29, 1.82) is 0 Å². The van der Waals surface area contributed by atoms with E-state index in [4.69, 9.17) is 0 Å². The highest BCUT2D eigenvalue weighted by molar-refractivity contribution is 9.10. The predicted molar refractivity (Wildman–Crippen MR) is 84.0 cm³/mol. The fraction of sp³-hybridized carbons (Fsp3) is 0.188. The SMILES string of the molecule is COC(=O)c1ccc(CNc2cc(Br)ccc2C)cc1. The third-order valence-corrected chi connectivity index (χ3v) is 3.55. The predicted octanol–water partition coefficient (Wildman–Crippen LogP) is 4.16. The van der Waals surface area contributed by atoms with E-state index in [9.17, 15) is 4.79 Å². The molecule has 0 aliphatic rings. The van der Waals surface area contributed by atoms with E-state index in [-0.39, 0.29) is 5.97 Å². The van der Waals surface area contributed by atoms with Crippen LogP contribution in [0.25, 0.3) is 0 Å². The highest BCUT2D eigenvalue weighted by atomic mass is 79.9. The Hall–Kier alpha value is -1.81. The van der Waals surface area contributed by atoms with E-state index in [2.05, 4.69) is 45.0 Å². The molecule has 0 aliphatic carbocycles. The zero-order valence-electron chi connectivity index (χ0n) is 11.4. The monoisotopic (exact) mass is 333 g/mol. The number of nitrogens with one attached hydrogen (secondary N) is 1. The second-order valence-electron chi connectivity index (χ2n) is 4.50. The van der Waals surface area contributed by atoms with Gasteiger partial charge in [0.2, 0.25) is 0 Å². The Labute approximate surface area is 127 Å². The number of aryl methyl sites for hydroxylation is 1. The molecule has 0 spiro atoms. The number of carbonyl (C=O) groups excluding carboxylic acids is 1. The molecule has 0 atom stereocenters. The van der Waals surface area contributed by atoms with E-state index in [1.165, 1.54) is 12.7 Å². The number of esters is 1. The molecule has 2 aromatic rings. The summed E-state index contributed by atoms with van der Waals surface area (Å²) >= 11 is 3.46. The maximum absolute atomic E-state index is 11.3. The molecule has 0 bridgehead atoms. The van der Waals surface area contributed by atoms with Gasteiger partial charge >= 0.3 is 5.97 Å². The van der Waals surface area contributed by atoms with Gasteiger partial charge < -0.3 is 10.1 Å². The largest absolute Gasteiger partial charge is 0.465 e. The quantitative estimate of drug-likeness (QED) is 0.854. The van der Waals surface area contributed by atoms with Gasteiger partial charge in [0.25, 0.3) is 0 Å². The molecule has 3 nitrogen and oxygen atoms in total. The molecule has 0 fully saturated rings. The fourth-order valence-electron chi connectivity index (χ4n) is 1.86. The smallest absolute Gasteiger partial charge is 0.337 e. The highest BCUT2D eigenvalue weighted by Gasteiger charge is 2.04. The number of anilines is 1. The average Bonchev–Trinajstić information content (AvgIpc) is 2.48. The number of rotatable bonds is 4. The molecule has 0 heterocycles. The van der Waals surface area contributed by atoms with Crippen molar-refractivity contribution in [3.8, 4) is 0 Å². The molecule has 0 aromatic heterocycles. The number of methoxy groups -OCH3 is 1. The summed E-state index contributed by atoms with van der Waals surface area (Å²) in [5.41, 5.74) is 3.96. The van der Waals surface area contributed by atoms with Crippen LogP contribution < -0.4 is 5.32 Å². The van der Waals surface area contributed by atoms with Crippen molar-refractivity contribution in [2.24, 2.45) is 0 Å². The second kappa shape index (κ2) is 6.57. The van der Waals surface area contributed by atoms with E-state index in [0.29, 0.717) is 12.1 Å². The van der Waals surface area contributed by atoms with Gasteiger partial charge in [-0.3, -0.25) is 0 Å². The van der Waals surface area contributed by atoms with Crippen LogP contribution in [-0.4, -0.2) is 13.1 Å². The maximum Gasteiger partial charge on any atom is 0.337 e. The second-order valence-corrected chi connectivity index (χ2v) is 5.42. The summed E-state index contributed by atoms with van der Waals surface area (Å²) in [5, 5.41) is 3.39. The van der Waals surface area contributed by atoms with Gasteiger partial charge in [0, 0.05) is 16.7 Å². The summed E-state index contributed by atoms with van der Waals surface area (Å²) in [5.74, 6) is -0.313. The lowest BCUT2D eigenvalue weighted by Gasteiger charge is -2.10. The topological polar surface area (TPSA) is 38.3 Å². The lowest BCUT2D eigenvalue weighted by molar-refractivity contribution is 0.0600. The Morgan fingerprint density at radius 1 is 1.20 bits per heavy atom. The minimum Gasteiger partial charge on any atom is -0.465 e. The van der Waals surface area contributed by atoms with E-state index in [1.54, 1.807) is 12.1 Å². The molecule has 2 rings (SSSR count). The molecular weight excluding hydrogens is 318 g/mol. The summed E-state index contributed by atoms with van der Waals surface area (Å²) in [6.45, 7) is 2.77. The number of carbonyl (C=O) groups is 1. The maximum atomic E-state index is 11.3. The fourth-order valence-corrected chi connectivity index (χ4v) is 2.22. The first-order valence-corrected chi connectivity index (χ1v) is 7.06. The van der Waals surface area contributed by atoms with E-state index in [1.807, 2.05) is 18.2 Å². The van der Waals surface area contributed by atoms with Gasteiger partial charge in [-0.1, -0.05) is 34.1 Å². The van der Waals surface area contributed by atoms with Crippen LogP contribution in [0.4, 0.5) is 5.69 Å². The van der Waals surface area contributed by atoms with Gasteiger partial charge in [-0.25, -0.2) is 4.79 Å². The van der Waals surface area contributed by atoms with Crippen LogP contribution in [0.1, 0.15) is 21.5 Å². The minimum atomic E-state index is -0.313. The van der Waals surface area contributed by atoms with Gasteiger partial charge in [0.1, 0.15) is 0 Å². The molecular formula is C16H16BrNO2. The lowest BCUT2D eigenvalue weighted by Crippen LogP contribution is -2.03. The van der Waals surface area contributed by atoms with Crippen molar-refractivity contribution in [2.45, 2.75) is 13.5 Å². The summed E-state index contributed by atoms with van der Waals surface area (Å²) in [6.07, 6.45) is 0. The van der Waals surface area contributed by atoms with E-state index < -0.39 is 0 Å². The van der Waals surface area contributed by atoms with Gasteiger partial charge in [-0.2, -0.15) is 0 Å². The van der Waals surface area contributed by atoms with Crippen LogP contribution in [0.3, 0.4) is 0 Å². The standard InChI is InChI=1S/C16H16BrNO2/c1-11-3-8-14(17)9-15(11)18-10-12-4-6-13(7-5-12)16(19)20-2/h3-9,18H,10H2,1-2H3. The van der Waals surface area contributed by atoms with E-state index in [0.717, 1.165) is 15.7 Å². The summed E-state index contributed by atoms with van der Waals surface area (Å²) in [4.78, 5) is 11.3. The zero-order chi connectivity index (χ0) is 14.5. The Morgan fingerprint density at radius 2 is 1.90 bits per heavy atom. The van der Waals surface area contributed by atoms with Crippen LogP contribution in [0.15, 0.2) is 46.9 Å². The van der Waals surface area contributed by atoms with Gasteiger partial charge in [-0.15, -0.1) is 0 Å². The van der Waals surface area contributed by atoms with Crippen LogP contribution >= 0.6 is 15.9 Å². The third-order valence-electron chi connectivity index (χ3n) is 3.06. The Balaban J connectivity index is 2.04. The number of ether oxygens (including phenoxy) is 1. The highest BCUT2D eigenvalue weighted by Crippen LogP contribution is 2.21. The van der Waals surface area contributed by atoms with Crippen molar-refractivity contribution < 1.29 is 9.53 Å². The van der Waals surface area contributed by atoms with Crippen molar-refractivity contribution in [2.75, 3.05) is 12.4 Å². The number of hydrogen-bond acceptors (Lipinski definition) is 3. The molecule has 0 aliphatic heterocycles. The number of halogens is 1. The van der Waals surface area contributed by atoms with Crippen molar-refractivity contribution >= 4 is 27.6 Å². The molecule has 0 saturated heterocycles. The van der Waals surface area contributed by atoms with Crippen molar-refractivity contribution in [3.05, 3.63) is 63.6 Å². The molecule has 4 heteroatoms. The van der Waals surface area contributed by atoms with Gasteiger partial charge in [-0.05, 0) is 42.3 Å². The molecule has 0 amide bonds. The Morgan fingerprint density at radius 3 is 2.55 bits per heavy atom. The summed E-state index contributed by atoms with van der Waals surface area (Å²) in [6, 6.07) is 13.5. The minimum absolute atomic E-state index is 0.313. The first-order valence-electron chi connectivity index (χ1n) is 6.27. The van der Waals surface area contributed by atoms with Gasteiger partial charge in [0.05, 0.1) is 12.7 Å². The molecule has 20 heavy (non-hydrogen) atoms. The van der Waals surface area contributed by atoms with E-state index >= 15 is 0 Å². The van der Waals surface area contributed by atoms with Crippen LogP contribution in [0.2, 0.25) is 0 Å². The lowest BCUT2D eigenvalue weighted by atomic mass is 10.1. The molecule has 0 unspecified atom stereocenters. The first kappa shape index (κ1) is 14.6. The summed E-state index contributed by atoms with van der Waals surface area (Å²) in [7, 11) is 1.38. The van der Waals surface area contributed by atoms with Gasteiger partial charge in [0.15, 0.2) is 0 Å². The molecule has 1 N–H and O–H groups in total. The average molecular weight is 334 g/mol. The van der Waals surface area contributed by atoms with Crippen LogP contribution in [0.5, 0.6) is 0 Å². The molecule has 0 radical (unpaired) electrons. The number of hydrogen-bond donors (Lipinski definition) is 1.